The third kappa shape index (κ3) is 9.70. The van der Waals surface area contributed by atoms with Gasteiger partial charge in [-0.2, -0.15) is 0 Å². The van der Waals surface area contributed by atoms with Gasteiger partial charge in [0.15, 0.2) is 0 Å². The van der Waals surface area contributed by atoms with Gasteiger partial charge in [-0.3, -0.25) is 4.79 Å². The Balaban J connectivity index is 2.49. The van der Waals surface area contributed by atoms with Crippen molar-refractivity contribution >= 4 is 5.97 Å². The van der Waals surface area contributed by atoms with E-state index < -0.39 is 24.3 Å². The number of hydrogen-bond donors (Lipinski definition) is 4. The van der Waals surface area contributed by atoms with E-state index in [2.05, 4.69) is 25.2 Å². The summed E-state index contributed by atoms with van der Waals surface area (Å²) in [6.45, 7) is 2.09. The standard InChI is InChI=1S/C22H34O5/c1-2-3-4-5-6-9-12-18-19(21(25)16-20(18)24)15-14-17(23)11-8-7-10-13-22(26)27/h3-4,6-9,14-15,17-21,23-25H,2,5,10-13,16H2,1H3,(H,26,27)/b4-3-,8-7-,9-6-,15-14+/t17-,18-,19-,20-,21+/m1/s1. The molecule has 0 spiro atoms. The molecule has 0 aromatic heterocycles. The van der Waals surface area contributed by atoms with Gasteiger partial charge in [-0.1, -0.05) is 55.5 Å². The summed E-state index contributed by atoms with van der Waals surface area (Å²) < 4.78 is 0. The molecule has 5 nitrogen and oxygen atoms in total. The monoisotopic (exact) mass is 378 g/mol. The maximum absolute atomic E-state index is 10.4. The van der Waals surface area contributed by atoms with Gasteiger partial charge in [-0.15, -0.1) is 0 Å². The normalized spacial score (nSPS) is 27.6. The number of carbonyl (C=O) groups is 1. The Morgan fingerprint density at radius 3 is 2.52 bits per heavy atom. The second kappa shape index (κ2) is 13.5. The van der Waals surface area contributed by atoms with Crippen LogP contribution in [0.25, 0.3) is 0 Å². The quantitative estimate of drug-likeness (QED) is 0.390. The average molecular weight is 379 g/mol. The Bertz CT molecular complexity index is 535. The number of aliphatic hydroxyl groups is 3. The number of carboxylic acids is 1. The zero-order chi connectivity index (χ0) is 20.1. The van der Waals surface area contributed by atoms with Crippen molar-refractivity contribution in [3.05, 3.63) is 48.6 Å². The number of aliphatic hydroxyl groups excluding tert-OH is 3. The summed E-state index contributed by atoms with van der Waals surface area (Å²) in [5.74, 6) is -1.07. The van der Waals surface area contributed by atoms with E-state index >= 15 is 0 Å². The number of rotatable bonds is 12. The third-order valence-electron chi connectivity index (χ3n) is 4.79. The Kier molecular flexibility index (Phi) is 11.7. The Hall–Kier alpha value is -1.69. The molecule has 0 bridgehead atoms. The molecule has 0 saturated heterocycles. The van der Waals surface area contributed by atoms with E-state index in [0.29, 0.717) is 25.7 Å². The van der Waals surface area contributed by atoms with E-state index in [0.717, 1.165) is 12.8 Å². The van der Waals surface area contributed by atoms with Crippen molar-refractivity contribution in [2.45, 2.75) is 70.2 Å². The molecule has 0 amide bonds. The van der Waals surface area contributed by atoms with E-state index in [1.54, 1.807) is 18.2 Å². The average Bonchev–Trinajstić information content (AvgIpc) is 2.88. The predicted octanol–water partition coefficient (Wildman–Crippen LogP) is 3.38. The largest absolute Gasteiger partial charge is 0.481 e. The SMILES string of the molecule is CC/C=C\C/C=C\C[C@@H]1[C@@H](/C=C/[C@H](O)C/C=C\CCC(=O)O)[C@@H](O)C[C@H]1O. The molecule has 1 saturated carbocycles. The van der Waals surface area contributed by atoms with Crippen LogP contribution >= 0.6 is 0 Å². The second-order valence-electron chi connectivity index (χ2n) is 7.03. The lowest BCUT2D eigenvalue weighted by Gasteiger charge is -2.19. The Morgan fingerprint density at radius 2 is 1.81 bits per heavy atom. The topological polar surface area (TPSA) is 98.0 Å². The van der Waals surface area contributed by atoms with Crippen LogP contribution in [0.1, 0.15) is 51.9 Å². The fraction of sp³-hybridized carbons (Fsp3) is 0.591. The molecule has 27 heavy (non-hydrogen) atoms. The van der Waals surface area contributed by atoms with Crippen molar-refractivity contribution in [2.24, 2.45) is 11.8 Å². The second-order valence-corrected chi connectivity index (χ2v) is 7.03. The molecule has 0 heterocycles. The van der Waals surface area contributed by atoms with E-state index in [9.17, 15) is 20.1 Å². The molecular weight excluding hydrogens is 344 g/mol. The lowest BCUT2D eigenvalue weighted by Crippen LogP contribution is -2.20. The van der Waals surface area contributed by atoms with Gasteiger partial charge in [0, 0.05) is 18.8 Å². The first-order valence-electron chi connectivity index (χ1n) is 9.85. The van der Waals surface area contributed by atoms with Crippen molar-refractivity contribution in [1.82, 2.24) is 0 Å². The Morgan fingerprint density at radius 1 is 1.07 bits per heavy atom. The maximum Gasteiger partial charge on any atom is 0.303 e. The van der Waals surface area contributed by atoms with E-state index in [1.165, 1.54) is 0 Å². The van der Waals surface area contributed by atoms with Gasteiger partial charge in [-0.25, -0.2) is 0 Å². The lowest BCUT2D eigenvalue weighted by molar-refractivity contribution is -0.136. The molecule has 5 atom stereocenters. The lowest BCUT2D eigenvalue weighted by atomic mass is 9.89. The molecule has 0 radical (unpaired) electrons. The van der Waals surface area contributed by atoms with Crippen molar-refractivity contribution in [3.63, 3.8) is 0 Å². The molecule has 0 aromatic carbocycles. The molecule has 1 aliphatic carbocycles. The third-order valence-corrected chi connectivity index (χ3v) is 4.79. The minimum Gasteiger partial charge on any atom is -0.481 e. The van der Waals surface area contributed by atoms with Crippen LogP contribution in [0, 0.1) is 11.8 Å². The fourth-order valence-corrected chi connectivity index (χ4v) is 3.29. The first kappa shape index (κ1) is 23.3. The van der Waals surface area contributed by atoms with Crippen LogP contribution in [-0.2, 0) is 4.79 Å². The minimum absolute atomic E-state index is 0.0547. The molecular formula is C22H34O5. The molecule has 1 aliphatic rings. The number of hydrogen-bond acceptors (Lipinski definition) is 4. The predicted molar refractivity (Wildman–Crippen MR) is 107 cm³/mol. The van der Waals surface area contributed by atoms with Gasteiger partial charge in [0.1, 0.15) is 0 Å². The molecule has 152 valence electrons. The molecule has 1 fully saturated rings. The van der Waals surface area contributed by atoms with Gasteiger partial charge in [-0.05, 0) is 38.0 Å². The van der Waals surface area contributed by atoms with Crippen LogP contribution in [0.4, 0.5) is 0 Å². The highest BCUT2D eigenvalue weighted by Gasteiger charge is 2.39. The summed E-state index contributed by atoms with van der Waals surface area (Å²) in [7, 11) is 0. The van der Waals surface area contributed by atoms with E-state index in [1.807, 2.05) is 12.2 Å². The number of carboxylic acid groups (broad SMARTS) is 1. The highest BCUT2D eigenvalue weighted by Crippen LogP contribution is 2.36. The highest BCUT2D eigenvalue weighted by molar-refractivity contribution is 5.66. The van der Waals surface area contributed by atoms with E-state index in [-0.39, 0.29) is 18.3 Å². The summed E-state index contributed by atoms with van der Waals surface area (Å²) in [6, 6.07) is 0. The van der Waals surface area contributed by atoms with Crippen LogP contribution in [0.3, 0.4) is 0 Å². The number of allylic oxidation sites excluding steroid dienone is 5. The summed E-state index contributed by atoms with van der Waals surface area (Å²) in [5.41, 5.74) is 0. The van der Waals surface area contributed by atoms with Crippen LogP contribution in [0.5, 0.6) is 0 Å². The molecule has 4 N–H and O–H groups in total. The summed E-state index contributed by atoms with van der Waals surface area (Å²) >= 11 is 0. The highest BCUT2D eigenvalue weighted by atomic mass is 16.4. The van der Waals surface area contributed by atoms with Crippen molar-refractivity contribution in [1.29, 1.82) is 0 Å². The molecule has 0 aromatic rings. The molecule has 5 heteroatoms. The van der Waals surface area contributed by atoms with Crippen molar-refractivity contribution < 1.29 is 25.2 Å². The van der Waals surface area contributed by atoms with Gasteiger partial charge < -0.3 is 20.4 Å². The zero-order valence-corrected chi connectivity index (χ0v) is 16.2. The summed E-state index contributed by atoms with van der Waals surface area (Å²) in [4.78, 5) is 10.4. The zero-order valence-electron chi connectivity index (χ0n) is 16.2. The van der Waals surface area contributed by atoms with Crippen LogP contribution < -0.4 is 0 Å². The van der Waals surface area contributed by atoms with E-state index in [4.69, 9.17) is 5.11 Å². The van der Waals surface area contributed by atoms with Crippen LogP contribution in [0.2, 0.25) is 0 Å². The van der Waals surface area contributed by atoms with Crippen LogP contribution in [-0.4, -0.2) is 44.7 Å². The summed E-state index contributed by atoms with van der Waals surface area (Å²) in [6.07, 6.45) is 17.4. The molecule has 0 aliphatic heterocycles. The molecule has 1 rings (SSSR count). The summed E-state index contributed by atoms with van der Waals surface area (Å²) in [5, 5.41) is 39.0. The van der Waals surface area contributed by atoms with Gasteiger partial charge in [0.05, 0.1) is 18.3 Å². The minimum atomic E-state index is -0.838. The first-order chi connectivity index (χ1) is 13.0. The first-order valence-corrected chi connectivity index (χ1v) is 9.85. The van der Waals surface area contributed by atoms with Gasteiger partial charge >= 0.3 is 5.97 Å². The van der Waals surface area contributed by atoms with Crippen LogP contribution in [0.15, 0.2) is 48.6 Å². The fourth-order valence-electron chi connectivity index (χ4n) is 3.29. The smallest absolute Gasteiger partial charge is 0.303 e. The Labute approximate surface area is 162 Å². The van der Waals surface area contributed by atoms with Crippen molar-refractivity contribution in [2.75, 3.05) is 0 Å². The maximum atomic E-state index is 10.4. The van der Waals surface area contributed by atoms with Crippen molar-refractivity contribution in [3.8, 4) is 0 Å². The van der Waals surface area contributed by atoms with Gasteiger partial charge in [0.2, 0.25) is 0 Å². The number of aliphatic carboxylic acids is 1. The van der Waals surface area contributed by atoms with Gasteiger partial charge in [0.25, 0.3) is 0 Å². The molecule has 0 unspecified atom stereocenters.